The molecule has 2 N–H and O–H groups in total. The normalized spacial score (nSPS) is 20.5. The van der Waals surface area contributed by atoms with Crippen molar-refractivity contribution in [3.05, 3.63) is 41.6 Å². The van der Waals surface area contributed by atoms with Gasteiger partial charge in [-0.1, -0.05) is 35.5 Å². The molecule has 0 aliphatic carbocycles. The van der Waals surface area contributed by atoms with E-state index in [0.717, 1.165) is 5.56 Å². The lowest BCUT2D eigenvalue weighted by Gasteiger charge is -1.95. The number of amides is 1. The lowest BCUT2D eigenvalue weighted by molar-refractivity contribution is -0.113. The number of benzene rings is 1. The molecule has 0 spiro atoms. The van der Waals surface area contributed by atoms with Crippen LogP contribution < -0.4 is 5.32 Å². The highest BCUT2D eigenvalue weighted by molar-refractivity contribution is 6.72. The molecule has 1 fully saturated rings. The molecule has 5 nitrogen and oxygen atoms in total. The van der Waals surface area contributed by atoms with Crippen LogP contribution in [0.4, 0.5) is 0 Å². The van der Waals surface area contributed by atoms with Crippen molar-refractivity contribution in [3.8, 4) is 0 Å². The van der Waals surface area contributed by atoms with E-state index in [1.54, 1.807) is 12.1 Å². The van der Waals surface area contributed by atoms with Crippen molar-refractivity contribution in [3.63, 3.8) is 0 Å². The molecule has 1 aliphatic rings. The average Bonchev–Trinajstić information content (AvgIpc) is 2.55. The maximum absolute atomic E-state index is 11.5. The summed E-state index contributed by atoms with van der Waals surface area (Å²) in [5, 5.41) is 13.5. The fourth-order valence-corrected chi connectivity index (χ4v) is 1.38. The summed E-state index contributed by atoms with van der Waals surface area (Å²) in [7, 11) is 0. The SMILES string of the molecule is O=C1NC(=Cc2ccccc2)C(=O)C1=NO. The third-order valence-corrected chi connectivity index (χ3v) is 2.13. The Balaban J connectivity index is 2.35. The second-order valence-corrected chi connectivity index (χ2v) is 3.20. The van der Waals surface area contributed by atoms with Crippen molar-refractivity contribution in [1.29, 1.82) is 0 Å². The number of oxime groups is 1. The van der Waals surface area contributed by atoms with Gasteiger partial charge < -0.3 is 10.5 Å². The van der Waals surface area contributed by atoms with E-state index in [1.165, 1.54) is 6.08 Å². The van der Waals surface area contributed by atoms with E-state index in [1.807, 2.05) is 18.2 Å². The zero-order valence-electron chi connectivity index (χ0n) is 8.18. The zero-order valence-corrected chi connectivity index (χ0v) is 8.18. The molecule has 1 heterocycles. The van der Waals surface area contributed by atoms with E-state index in [9.17, 15) is 9.59 Å². The molecule has 0 bridgehead atoms. The van der Waals surface area contributed by atoms with Gasteiger partial charge in [0.1, 0.15) is 0 Å². The Bertz CT molecular complexity index is 503. The summed E-state index contributed by atoms with van der Waals surface area (Å²) in [6.07, 6.45) is 1.53. The largest absolute Gasteiger partial charge is 0.410 e. The molecule has 0 unspecified atom stereocenters. The van der Waals surface area contributed by atoms with E-state index in [2.05, 4.69) is 10.5 Å². The molecule has 5 heteroatoms. The first-order valence-corrected chi connectivity index (χ1v) is 4.57. The van der Waals surface area contributed by atoms with Crippen molar-refractivity contribution in [1.82, 2.24) is 5.32 Å². The van der Waals surface area contributed by atoms with Gasteiger partial charge >= 0.3 is 0 Å². The molecule has 0 aromatic heterocycles. The Hall–Kier alpha value is -2.43. The third kappa shape index (κ3) is 1.70. The van der Waals surface area contributed by atoms with Gasteiger partial charge in [-0.2, -0.15) is 0 Å². The summed E-state index contributed by atoms with van der Waals surface area (Å²) < 4.78 is 0. The fraction of sp³-hybridized carbons (Fsp3) is 0. The van der Waals surface area contributed by atoms with Gasteiger partial charge in [-0.25, -0.2) is 0 Å². The molecule has 1 aromatic carbocycles. The second-order valence-electron chi connectivity index (χ2n) is 3.20. The van der Waals surface area contributed by atoms with Crippen molar-refractivity contribution in [2.24, 2.45) is 5.16 Å². The number of carbonyl (C=O) groups is 2. The highest BCUT2D eigenvalue weighted by Crippen LogP contribution is 2.10. The monoisotopic (exact) mass is 216 g/mol. The Morgan fingerprint density at radius 2 is 1.88 bits per heavy atom. The smallest absolute Gasteiger partial charge is 0.281 e. The minimum absolute atomic E-state index is 0.115. The van der Waals surface area contributed by atoms with Crippen LogP contribution in [0.1, 0.15) is 5.56 Å². The number of carbonyl (C=O) groups excluding carboxylic acids is 2. The first kappa shape index (κ1) is 10.1. The maximum atomic E-state index is 11.5. The summed E-state index contributed by atoms with van der Waals surface area (Å²) in [4.78, 5) is 22.7. The lowest BCUT2D eigenvalue weighted by atomic mass is 10.1. The van der Waals surface area contributed by atoms with Crippen LogP contribution in [0, 0.1) is 0 Å². The second kappa shape index (κ2) is 3.98. The van der Waals surface area contributed by atoms with E-state index in [4.69, 9.17) is 5.21 Å². The van der Waals surface area contributed by atoms with Crippen LogP contribution in [0.25, 0.3) is 6.08 Å². The number of rotatable bonds is 1. The number of ketones is 1. The summed E-state index contributed by atoms with van der Waals surface area (Å²) in [6.45, 7) is 0. The van der Waals surface area contributed by atoms with Crippen LogP contribution in [0.2, 0.25) is 0 Å². The number of nitrogens with zero attached hydrogens (tertiary/aromatic N) is 1. The predicted molar refractivity (Wildman–Crippen MR) is 56.8 cm³/mol. The molecule has 1 aliphatic heterocycles. The Labute approximate surface area is 91.1 Å². The van der Waals surface area contributed by atoms with E-state index >= 15 is 0 Å². The van der Waals surface area contributed by atoms with Gasteiger partial charge in [0.15, 0.2) is 0 Å². The van der Waals surface area contributed by atoms with Crippen LogP contribution >= 0.6 is 0 Å². The number of Topliss-reactive ketones (excluding diaryl/α,β-unsaturated/α-hetero) is 1. The molecule has 1 saturated heterocycles. The fourth-order valence-electron chi connectivity index (χ4n) is 1.38. The molecule has 2 rings (SSSR count). The van der Waals surface area contributed by atoms with E-state index in [0.29, 0.717) is 0 Å². The zero-order chi connectivity index (χ0) is 11.5. The van der Waals surface area contributed by atoms with Crippen molar-refractivity contribution in [2.75, 3.05) is 0 Å². The minimum atomic E-state index is -0.685. The number of allylic oxidation sites excluding steroid dienone is 1. The number of nitrogens with one attached hydrogen (secondary N) is 1. The number of hydrogen-bond acceptors (Lipinski definition) is 4. The van der Waals surface area contributed by atoms with Crippen LogP contribution in [0.15, 0.2) is 41.2 Å². The van der Waals surface area contributed by atoms with Crippen molar-refractivity contribution >= 4 is 23.5 Å². The van der Waals surface area contributed by atoms with Gasteiger partial charge in [-0.3, -0.25) is 9.59 Å². The first-order chi connectivity index (χ1) is 7.72. The maximum Gasteiger partial charge on any atom is 0.281 e. The molecule has 80 valence electrons. The van der Waals surface area contributed by atoms with Crippen molar-refractivity contribution < 1.29 is 14.8 Å². The standard InChI is InChI=1S/C11H8N2O3/c14-10-8(12-11(15)9(10)13-16)6-7-4-2-1-3-5-7/h1-6,16H,(H,12,15). The highest BCUT2D eigenvalue weighted by atomic mass is 16.4. The molecule has 0 saturated carbocycles. The minimum Gasteiger partial charge on any atom is -0.410 e. The Morgan fingerprint density at radius 3 is 2.44 bits per heavy atom. The van der Waals surface area contributed by atoms with E-state index in [-0.39, 0.29) is 5.70 Å². The summed E-state index contributed by atoms with van der Waals surface area (Å²) in [5.74, 6) is -1.29. The van der Waals surface area contributed by atoms with Gasteiger partial charge in [0.25, 0.3) is 5.91 Å². The van der Waals surface area contributed by atoms with Crippen LogP contribution in [0.3, 0.4) is 0 Å². The van der Waals surface area contributed by atoms with Gasteiger partial charge in [-0.05, 0) is 11.6 Å². The summed E-state index contributed by atoms with van der Waals surface area (Å²) >= 11 is 0. The number of hydrogen-bond donors (Lipinski definition) is 2. The first-order valence-electron chi connectivity index (χ1n) is 4.57. The van der Waals surface area contributed by atoms with Crippen LogP contribution in [0.5, 0.6) is 0 Å². The van der Waals surface area contributed by atoms with Crippen LogP contribution in [-0.2, 0) is 9.59 Å². The third-order valence-electron chi connectivity index (χ3n) is 2.13. The molecule has 0 radical (unpaired) electrons. The topological polar surface area (TPSA) is 78.8 Å². The lowest BCUT2D eigenvalue weighted by Crippen LogP contribution is -2.19. The Kier molecular flexibility index (Phi) is 2.51. The highest BCUT2D eigenvalue weighted by Gasteiger charge is 2.33. The van der Waals surface area contributed by atoms with Gasteiger partial charge in [0.2, 0.25) is 11.5 Å². The summed E-state index contributed by atoms with van der Waals surface area (Å²) in [6, 6.07) is 9.06. The summed E-state index contributed by atoms with van der Waals surface area (Å²) in [5.41, 5.74) is 0.413. The van der Waals surface area contributed by atoms with Gasteiger partial charge in [0.05, 0.1) is 5.70 Å². The molecule has 16 heavy (non-hydrogen) atoms. The van der Waals surface area contributed by atoms with E-state index < -0.39 is 17.4 Å². The molecule has 0 atom stereocenters. The molecule has 1 amide bonds. The quantitative estimate of drug-likeness (QED) is 0.409. The average molecular weight is 216 g/mol. The Morgan fingerprint density at radius 1 is 1.19 bits per heavy atom. The molecule has 1 aromatic rings. The van der Waals surface area contributed by atoms with Crippen molar-refractivity contribution in [2.45, 2.75) is 0 Å². The van der Waals surface area contributed by atoms with Gasteiger partial charge in [0, 0.05) is 0 Å². The molecular weight excluding hydrogens is 208 g/mol. The predicted octanol–water partition coefficient (Wildman–Crippen LogP) is 0.557. The van der Waals surface area contributed by atoms with Crippen LogP contribution in [-0.4, -0.2) is 22.6 Å². The van der Waals surface area contributed by atoms with Gasteiger partial charge in [-0.15, -0.1) is 0 Å². The molecular formula is C11H8N2O3.